The third kappa shape index (κ3) is 2.48. The summed E-state index contributed by atoms with van der Waals surface area (Å²) in [6.45, 7) is 1.18. The Morgan fingerprint density at radius 1 is 1.20 bits per heavy atom. The minimum Gasteiger partial charge on any atom is -0.464 e. The van der Waals surface area contributed by atoms with Crippen LogP contribution in [-0.4, -0.2) is 47.1 Å². The van der Waals surface area contributed by atoms with Gasteiger partial charge in [-0.3, -0.25) is 14.4 Å². The van der Waals surface area contributed by atoms with Crippen molar-refractivity contribution in [3.05, 3.63) is 30.1 Å². The number of carbonyl (C=O) groups is 4. The third-order valence-corrected chi connectivity index (χ3v) is 4.18. The third-order valence-electron chi connectivity index (χ3n) is 4.18. The molecule has 0 saturated carbocycles. The van der Waals surface area contributed by atoms with Crippen molar-refractivity contribution in [2.45, 2.75) is 25.3 Å². The summed E-state index contributed by atoms with van der Waals surface area (Å²) in [6.07, 6.45) is -0.547. The number of hydrogen-bond acceptors (Lipinski definition) is 6. The van der Waals surface area contributed by atoms with E-state index in [1.165, 1.54) is 19.1 Å². The van der Waals surface area contributed by atoms with Crippen molar-refractivity contribution in [2.24, 2.45) is 5.10 Å². The number of methoxy groups -OCH3 is 1. The Kier molecular flexibility index (Phi) is 3.86. The molecule has 0 unspecified atom stereocenters. The standard InChI is InChI=1S/C16H14FN3O5/c1-9(21)20-16(7-12(18-20)14(23)25-2)8-13(22)19(15(16)24)11-5-3-10(17)4-6-11/h3-6H,7-8H2,1-2H3/t16-/m0/s1. The summed E-state index contributed by atoms with van der Waals surface area (Å²) in [6, 6.07) is 4.82. The largest absolute Gasteiger partial charge is 0.464 e. The Morgan fingerprint density at radius 2 is 1.84 bits per heavy atom. The molecule has 0 N–H and O–H groups in total. The molecule has 3 amide bonds. The second-order valence-corrected chi connectivity index (χ2v) is 5.76. The number of halogens is 1. The van der Waals surface area contributed by atoms with Gasteiger partial charge in [0.1, 0.15) is 11.5 Å². The van der Waals surface area contributed by atoms with Gasteiger partial charge in [0.25, 0.3) is 5.91 Å². The Labute approximate surface area is 141 Å². The lowest BCUT2D eigenvalue weighted by Crippen LogP contribution is -2.51. The summed E-state index contributed by atoms with van der Waals surface area (Å²) in [4.78, 5) is 50.0. The van der Waals surface area contributed by atoms with Gasteiger partial charge in [-0.1, -0.05) is 0 Å². The van der Waals surface area contributed by atoms with Crippen molar-refractivity contribution in [2.75, 3.05) is 12.0 Å². The summed E-state index contributed by atoms with van der Waals surface area (Å²) < 4.78 is 17.7. The Hall–Kier alpha value is -3.10. The highest BCUT2D eigenvalue weighted by Gasteiger charge is 2.61. The summed E-state index contributed by atoms with van der Waals surface area (Å²) in [7, 11) is 1.15. The van der Waals surface area contributed by atoms with Gasteiger partial charge in [-0.15, -0.1) is 0 Å². The van der Waals surface area contributed by atoms with Crippen molar-refractivity contribution in [1.82, 2.24) is 5.01 Å². The molecule has 130 valence electrons. The zero-order valence-corrected chi connectivity index (χ0v) is 13.5. The van der Waals surface area contributed by atoms with Gasteiger partial charge in [0.2, 0.25) is 11.8 Å². The summed E-state index contributed by atoms with van der Waals surface area (Å²) >= 11 is 0. The molecule has 2 aliphatic rings. The van der Waals surface area contributed by atoms with Crippen LogP contribution in [0.2, 0.25) is 0 Å². The molecule has 0 bridgehead atoms. The number of ether oxygens (including phenoxy) is 1. The van der Waals surface area contributed by atoms with Gasteiger partial charge in [-0.25, -0.2) is 19.1 Å². The molecule has 0 aliphatic carbocycles. The van der Waals surface area contributed by atoms with E-state index < -0.39 is 35.0 Å². The normalized spacial score (nSPS) is 22.6. The fourth-order valence-electron chi connectivity index (χ4n) is 3.09. The van der Waals surface area contributed by atoms with Crippen LogP contribution < -0.4 is 4.90 Å². The first-order valence-electron chi connectivity index (χ1n) is 7.40. The van der Waals surface area contributed by atoms with Crippen LogP contribution in [0.15, 0.2) is 29.4 Å². The van der Waals surface area contributed by atoms with E-state index in [-0.39, 0.29) is 24.2 Å². The van der Waals surface area contributed by atoms with Crippen molar-refractivity contribution in [3.63, 3.8) is 0 Å². The van der Waals surface area contributed by atoms with Gasteiger partial charge in [-0.2, -0.15) is 5.10 Å². The monoisotopic (exact) mass is 347 g/mol. The van der Waals surface area contributed by atoms with Gasteiger partial charge in [0.05, 0.1) is 19.2 Å². The molecule has 8 nitrogen and oxygen atoms in total. The second-order valence-electron chi connectivity index (χ2n) is 5.76. The molecule has 25 heavy (non-hydrogen) atoms. The van der Waals surface area contributed by atoms with Crippen molar-refractivity contribution in [1.29, 1.82) is 0 Å². The van der Waals surface area contributed by atoms with Crippen LogP contribution in [0.4, 0.5) is 10.1 Å². The lowest BCUT2D eigenvalue weighted by molar-refractivity contribution is -0.141. The molecule has 1 saturated heterocycles. The summed E-state index contributed by atoms with van der Waals surface area (Å²) in [5.41, 5.74) is -1.52. The number of esters is 1. The number of imide groups is 1. The number of amides is 3. The number of carbonyl (C=O) groups excluding carboxylic acids is 4. The first kappa shape index (κ1) is 16.7. The highest BCUT2D eigenvalue weighted by Crippen LogP contribution is 2.40. The molecule has 1 atom stereocenters. The van der Waals surface area contributed by atoms with Gasteiger partial charge < -0.3 is 4.74 Å². The molecular formula is C16H14FN3O5. The van der Waals surface area contributed by atoms with E-state index in [1.807, 2.05) is 0 Å². The smallest absolute Gasteiger partial charge is 0.354 e. The molecule has 0 radical (unpaired) electrons. The van der Waals surface area contributed by atoms with Gasteiger partial charge >= 0.3 is 5.97 Å². The molecule has 1 fully saturated rings. The number of benzene rings is 1. The fourth-order valence-corrected chi connectivity index (χ4v) is 3.09. The molecule has 0 aromatic heterocycles. The van der Waals surface area contributed by atoms with Gasteiger partial charge in [-0.05, 0) is 24.3 Å². The van der Waals surface area contributed by atoms with E-state index in [1.54, 1.807) is 0 Å². The van der Waals surface area contributed by atoms with E-state index >= 15 is 0 Å². The van der Waals surface area contributed by atoms with Crippen LogP contribution in [0.3, 0.4) is 0 Å². The van der Waals surface area contributed by atoms with E-state index in [4.69, 9.17) is 0 Å². The van der Waals surface area contributed by atoms with Crippen LogP contribution in [-0.2, 0) is 23.9 Å². The second kappa shape index (κ2) is 5.76. The molecule has 2 heterocycles. The van der Waals surface area contributed by atoms with Crippen LogP contribution in [0.5, 0.6) is 0 Å². The number of nitrogens with zero attached hydrogens (tertiary/aromatic N) is 3. The van der Waals surface area contributed by atoms with Crippen LogP contribution in [0, 0.1) is 5.82 Å². The molecule has 1 aromatic rings. The average Bonchev–Trinajstić information content (AvgIpc) is 3.07. The predicted octanol–water partition coefficient (Wildman–Crippen LogP) is 0.609. The summed E-state index contributed by atoms with van der Waals surface area (Å²) in [5, 5.41) is 4.75. The van der Waals surface area contributed by atoms with Crippen molar-refractivity contribution < 1.29 is 28.3 Å². The fraction of sp³-hybridized carbons (Fsp3) is 0.312. The topological polar surface area (TPSA) is 96.3 Å². The maximum absolute atomic E-state index is 13.1. The maximum atomic E-state index is 13.1. The van der Waals surface area contributed by atoms with Crippen LogP contribution in [0.25, 0.3) is 0 Å². The molecule has 2 aliphatic heterocycles. The highest BCUT2D eigenvalue weighted by atomic mass is 19.1. The van der Waals surface area contributed by atoms with Crippen LogP contribution >= 0.6 is 0 Å². The minimum absolute atomic E-state index is 0.111. The SMILES string of the molecule is COC(=O)C1=NN(C(C)=O)[C@]2(CC(=O)N(c3ccc(F)cc3)C2=O)C1. The number of rotatable bonds is 2. The number of anilines is 1. The molecule has 9 heteroatoms. The highest BCUT2D eigenvalue weighted by molar-refractivity contribution is 6.39. The van der Waals surface area contributed by atoms with E-state index in [2.05, 4.69) is 9.84 Å². The maximum Gasteiger partial charge on any atom is 0.354 e. The lowest BCUT2D eigenvalue weighted by atomic mass is 9.91. The van der Waals surface area contributed by atoms with E-state index in [0.717, 1.165) is 29.2 Å². The zero-order chi connectivity index (χ0) is 18.4. The summed E-state index contributed by atoms with van der Waals surface area (Å²) in [5.74, 6) is -3.13. The van der Waals surface area contributed by atoms with Gasteiger partial charge in [0.15, 0.2) is 5.54 Å². The number of hydrazone groups is 1. The van der Waals surface area contributed by atoms with E-state index in [9.17, 15) is 23.6 Å². The minimum atomic E-state index is -1.60. The average molecular weight is 347 g/mol. The van der Waals surface area contributed by atoms with Crippen molar-refractivity contribution in [3.8, 4) is 0 Å². The Balaban J connectivity index is 2.01. The zero-order valence-electron chi connectivity index (χ0n) is 13.5. The van der Waals surface area contributed by atoms with Crippen molar-refractivity contribution >= 4 is 35.1 Å². The molecule has 1 aromatic carbocycles. The number of hydrogen-bond donors (Lipinski definition) is 0. The Morgan fingerprint density at radius 3 is 2.40 bits per heavy atom. The first-order valence-corrected chi connectivity index (χ1v) is 7.40. The lowest BCUT2D eigenvalue weighted by Gasteiger charge is -2.28. The Bertz CT molecular complexity index is 820. The first-order chi connectivity index (χ1) is 11.8. The van der Waals surface area contributed by atoms with E-state index in [0.29, 0.717) is 0 Å². The molecule has 3 rings (SSSR count). The molecular weight excluding hydrogens is 333 g/mol. The predicted molar refractivity (Wildman–Crippen MR) is 82.8 cm³/mol. The quantitative estimate of drug-likeness (QED) is 0.577. The van der Waals surface area contributed by atoms with Gasteiger partial charge in [0, 0.05) is 13.3 Å². The van der Waals surface area contributed by atoms with Crippen LogP contribution in [0.1, 0.15) is 19.8 Å². The molecule has 1 spiro atoms.